The normalized spacial score (nSPS) is 18.0. The SMILES string of the molecule is COCCOCCOCCOCCC(=O)N/N=C(/[C@H](CC(C)C)NC(=O)[C@H](Cc1ccccc1)NC(=O)[C@H](CC(C)C)NC(=O)[C@H](CCc1ccccc1)NC(=O)CN1CCOCC1)[C@@]1(C)CO1. The molecule has 4 rings (SSSR count). The minimum absolute atomic E-state index is 0.0163. The van der Waals surface area contributed by atoms with Crippen molar-refractivity contribution in [2.24, 2.45) is 16.9 Å². The van der Waals surface area contributed by atoms with Crippen LogP contribution in [0.3, 0.4) is 0 Å². The summed E-state index contributed by atoms with van der Waals surface area (Å²) in [7, 11) is 1.61. The van der Waals surface area contributed by atoms with Crippen molar-refractivity contribution < 1.29 is 52.4 Å². The van der Waals surface area contributed by atoms with Gasteiger partial charge >= 0.3 is 0 Å². The molecule has 68 heavy (non-hydrogen) atoms. The summed E-state index contributed by atoms with van der Waals surface area (Å²) in [5.74, 6) is -2.10. The zero-order valence-corrected chi connectivity index (χ0v) is 41.1. The van der Waals surface area contributed by atoms with Crippen molar-refractivity contribution in [2.45, 2.75) is 103 Å². The van der Waals surface area contributed by atoms with Gasteiger partial charge in [-0.2, -0.15) is 5.10 Å². The Morgan fingerprint density at radius 2 is 1.18 bits per heavy atom. The van der Waals surface area contributed by atoms with Crippen molar-refractivity contribution in [1.82, 2.24) is 31.6 Å². The van der Waals surface area contributed by atoms with E-state index in [1.165, 1.54) is 0 Å². The Morgan fingerprint density at radius 3 is 1.76 bits per heavy atom. The molecule has 2 aliphatic rings. The first-order valence-electron chi connectivity index (χ1n) is 24.1. The summed E-state index contributed by atoms with van der Waals surface area (Å²) < 4.78 is 32.6. The van der Waals surface area contributed by atoms with E-state index in [2.05, 4.69) is 31.8 Å². The molecule has 0 aliphatic carbocycles. The summed E-state index contributed by atoms with van der Waals surface area (Å²) in [5.41, 5.74) is 4.07. The number of hydrazone groups is 1. The highest BCUT2D eigenvalue weighted by Gasteiger charge is 2.49. The van der Waals surface area contributed by atoms with Crippen LogP contribution in [0.15, 0.2) is 65.8 Å². The second-order valence-electron chi connectivity index (χ2n) is 18.3. The highest BCUT2D eigenvalue weighted by Crippen LogP contribution is 2.31. The predicted octanol–water partition coefficient (Wildman–Crippen LogP) is 2.57. The molecule has 5 amide bonds. The molecule has 0 bridgehead atoms. The smallest absolute Gasteiger partial charge is 0.243 e. The number of morpholine rings is 1. The molecule has 0 saturated carbocycles. The van der Waals surface area contributed by atoms with E-state index in [4.69, 9.17) is 28.4 Å². The number of benzene rings is 2. The van der Waals surface area contributed by atoms with Gasteiger partial charge in [0.25, 0.3) is 0 Å². The molecule has 0 aromatic heterocycles. The average Bonchev–Trinajstić information content (AvgIpc) is 4.06. The number of nitrogens with zero attached hydrogens (tertiary/aromatic N) is 2. The van der Waals surface area contributed by atoms with Gasteiger partial charge in [0.1, 0.15) is 23.7 Å². The summed E-state index contributed by atoms with van der Waals surface area (Å²) in [5, 5.41) is 16.5. The van der Waals surface area contributed by atoms with Gasteiger partial charge in [0.15, 0.2) is 0 Å². The molecule has 5 N–H and O–H groups in total. The van der Waals surface area contributed by atoms with Gasteiger partial charge in [0, 0.05) is 26.6 Å². The van der Waals surface area contributed by atoms with Crippen LogP contribution in [0.25, 0.3) is 0 Å². The lowest BCUT2D eigenvalue weighted by Gasteiger charge is -2.29. The van der Waals surface area contributed by atoms with E-state index in [1.54, 1.807) is 7.11 Å². The quantitative estimate of drug-likeness (QED) is 0.0302. The van der Waals surface area contributed by atoms with Crippen LogP contribution in [0, 0.1) is 11.8 Å². The van der Waals surface area contributed by atoms with E-state index >= 15 is 0 Å². The average molecular weight is 952 g/mol. The van der Waals surface area contributed by atoms with E-state index in [9.17, 15) is 24.0 Å². The minimum atomic E-state index is -1.07. The van der Waals surface area contributed by atoms with E-state index in [0.29, 0.717) is 97.5 Å². The Balaban J connectivity index is 1.46. The fraction of sp³-hybridized carbons (Fsp3) is 0.640. The maximum atomic E-state index is 14.6. The van der Waals surface area contributed by atoms with Crippen LogP contribution < -0.4 is 26.7 Å². The maximum Gasteiger partial charge on any atom is 0.243 e. The molecule has 5 atom stereocenters. The highest BCUT2D eigenvalue weighted by atomic mass is 16.6. The van der Waals surface area contributed by atoms with Gasteiger partial charge in [-0.1, -0.05) is 88.4 Å². The van der Waals surface area contributed by atoms with Crippen molar-refractivity contribution in [3.63, 3.8) is 0 Å². The monoisotopic (exact) mass is 952 g/mol. The first-order chi connectivity index (χ1) is 32.8. The van der Waals surface area contributed by atoms with Crippen molar-refractivity contribution in [3.05, 3.63) is 71.8 Å². The number of carbonyl (C=O) groups is 5. The lowest BCUT2D eigenvalue weighted by molar-refractivity contribution is -0.134. The van der Waals surface area contributed by atoms with Gasteiger partial charge < -0.3 is 49.7 Å². The fourth-order valence-corrected chi connectivity index (χ4v) is 7.56. The summed E-state index contributed by atoms with van der Waals surface area (Å²) in [4.78, 5) is 71.5. The highest BCUT2D eigenvalue weighted by molar-refractivity contribution is 6.02. The number of epoxide rings is 1. The molecule has 378 valence electrons. The van der Waals surface area contributed by atoms with Gasteiger partial charge in [-0.25, -0.2) is 5.43 Å². The molecule has 18 nitrogen and oxygen atoms in total. The van der Waals surface area contributed by atoms with Crippen molar-refractivity contribution in [1.29, 1.82) is 0 Å². The number of nitrogens with one attached hydrogen (secondary N) is 5. The zero-order chi connectivity index (χ0) is 49.2. The molecule has 2 fully saturated rings. The molecule has 2 heterocycles. The standard InChI is InChI=1S/C50H77N7O11/c1-36(2)31-41(46(50(5)35-68-50)56-55-44(58)19-22-64-27-28-67-30-29-66-26-25-63-6)52-49(62)43(33-39-15-11-8-12-16-39)54-48(61)42(32-37(3)4)53-47(60)40(18-17-38-13-9-7-10-14-38)51-45(59)34-57-20-23-65-24-21-57/h7-16,36-37,40-43H,17-35H2,1-6H3,(H,51,59)(H,52,62)(H,53,60)(H,54,61)(H,55,58)/b56-46-/t40-,41-,42-,43-,50+/m0/s1. The summed E-state index contributed by atoms with van der Waals surface area (Å²) in [6, 6.07) is 15.3. The van der Waals surface area contributed by atoms with Crippen molar-refractivity contribution >= 4 is 35.2 Å². The third kappa shape index (κ3) is 21.6. The predicted molar refractivity (Wildman–Crippen MR) is 258 cm³/mol. The molecule has 2 aliphatic heterocycles. The molecule has 0 unspecified atom stereocenters. The van der Waals surface area contributed by atoms with Crippen LogP contribution in [0.4, 0.5) is 0 Å². The van der Waals surface area contributed by atoms with Crippen LogP contribution >= 0.6 is 0 Å². The third-order valence-electron chi connectivity index (χ3n) is 11.4. The molecular weight excluding hydrogens is 875 g/mol. The van der Waals surface area contributed by atoms with Gasteiger partial charge in [0.05, 0.1) is 90.8 Å². The minimum Gasteiger partial charge on any atom is -0.382 e. The number of hydrogen-bond acceptors (Lipinski definition) is 13. The van der Waals surface area contributed by atoms with Crippen LogP contribution in [0.2, 0.25) is 0 Å². The van der Waals surface area contributed by atoms with Crippen LogP contribution in [-0.2, 0) is 65.2 Å². The lowest BCUT2D eigenvalue weighted by Crippen LogP contribution is -2.59. The number of amides is 5. The summed E-state index contributed by atoms with van der Waals surface area (Å²) in [6.07, 6.45) is 1.75. The van der Waals surface area contributed by atoms with Crippen LogP contribution in [0.5, 0.6) is 0 Å². The Hall–Kier alpha value is -4.82. The third-order valence-corrected chi connectivity index (χ3v) is 11.4. The topological polar surface area (TPSA) is 220 Å². The first-order valence-corrected chi connectivity index (χ1v) is 24.1. The molecule has 0 radical (unpaired) electrons. The first kappa shape index (κ1) is 55.8. The van der Waals surface area contributed by atoms with E-state index in [-0.39, 0.29) is 56.1 Å². The van der Waals surface area contributed by atoms with Crippen molar-refractivity contribution in [2.75, 3.05) is 92.8 Å². The molecule has 2 aromatic carbocycles. The molecule has 2 saturated heterocycles. The maximum absolute atomic E-state index is 14.6. The molecule has 2 aromatic rings. The molecular formula is C50H77N7O11. The second kappa shape index (κ2) is 30.6. The Morgan fingerprint density at radius 1 is 0.662 bits per heavy atom. The number of carbonyl (C=O) groups excluding carboxylic acids is 5. The largest absolute Gasteiger partial charge is 0.382 e. The van der Waals surface area contributed by atoms with Gasteiger partial charge in [0.2, 0.25) is 29.5 Å². The zero-order valence-electron chi connectivity index (χ0n) is 41.1. The summed E-state index contributed by atoms with van der Waals surface area (Å²) >= 11 is 0. The van der Waals surface area contributed by atoms with E-state index < -0.39 is 47.5 Å². The number of methoxy groups -OCH3 is 1. The van der Waals surface area contributed by atoms with Gasteiger partial charge in [-0.15, -0.1) is 0 Å². The number of aryl methyl sites for hydroxylation is 1. The Labute approximate surface area is 402 Å². The van der Waals surface area contributed by atoms with Crippen LogP contribution in [-0.4, -0.2) is 163 Å². The second-order valence-corrected chi connectivity index (χ2v) is 18.3. The Bertz CT molecular complexity index is 1840. The summed E-state index contributed by atoms with van der Waals surface area (Å²) in [6.45, 7) is 15.2. The Kier molecular flexibility index (Phi) is 25.1. The number of rotatable bonds is 33. The molecule has 0 spiro atoms. The number of ether oxygens (including phenoxy) is 6. The van der Waals surface area contributed by atoms with E-state index in [1.807, 2.05) is 100 Å². The van der Waals surface area contributed by atoms with Gasteiger partial charge in [-0.05, 0) is 55.6 Å². The van der Waals surface area contributed by atoms with Crippen molar-refractivity contribution in [3.8, 4) is 0 Å². The van der Waals surface area contributed by atoms with E-state index in [0.717, 1.165) is 11.1 Å². The lowest BCUT2D eigenvalue weighted by atomic mass is 9.92. The molecule has 18 heteroatoms. The van der Waals surface area contributed by atoms with Gasteiger partial charge in [-0.3, -0.25) is 28.9 Å². The number of hydrogen-bond donors (Lipinski definition) is 5. The van der Waals surface area contributed by atoms with Crippen LogP contribution in [0.1, 0.15) is 71.4 Å². The fourth-order valence-electron chi connectivity index (χ4n) is 7.56.